The smallest absolute Gasteiger partial charge is 0.144 e. The molecule has 0 bridgehead atoms. The molecule has 0 spiro atoms. The number of hydrogen-bond acceptors (Lipinski definition) is 2. The van der Waals surface area contributed by atoms with Crippen LogP contribution in [0.15, 0.2) is 11.6 Å². The highest BCUT2D eigenvalue weighted by atomic mass is 19.1. The fraction of sp³-hybridized carbons (Fsp3) is 0.850. The molecular weight excluding hydrogens is 291 g/mol. The first-order valence-corrected chi connectivity index (χ1v) is 9.38. The summed E-state index contributed by atoms with van der Waals surface area (Å²) in [6.45, 7) is 4.01. The average molecular weight is 320 g/mol. The second kappa shape index (κ2) is 5.15. The molecule has 0 heterocycles. The number of alkyl halides is 1. The minimum absolute atomic E-state index is 0.177. The van der Waals surface area contributed by atoms with Gasteiger partial charge in [-0.1, -0.05) is 25.5 Å². The summed E-state index contributed by atoms with van der Waals surface area (Å²) in [5.74, 6) is 1.34. The SMILES string of the molecule is C[C@]12CCC(O)CC1=CC[C@@H]1[C@@H]2CC[C@]2(C)C(=O)[C@@H](CF)C[C@@H]12. The first kappa shape index (κ1) is 15.8. The van der Waals surface area contributed by atoms with Crippen LogP contribution in [0.25, 0.3) is 0 Å². The van der Waals surface area contributed by atoms with E-state index in [0.29, 0.717) is 17.8 Å². The summed E-state index contributed by atoms with van der Waals surface area (Å²) in [7, 11) is 0. The fourth-order valence-corrected chi connectivity index (χ4v) is 6.72. The van der Waals surface area contributed by atoms with E-state index in [4.69, 9.17) is 0 Å². The fourth-order valence-electron chi connectivity index (χ4n) is 6.72. The van der Waals surface area contributed by atoms with Gasteiger partial charge in [0, 0.05) is 11.3 Å². The van der Waals surface area contributed by atoms with Crippen LogP contribution in [0.4, 0.5) is 4.39 Å². The Kier molecular flexibility index (Phi) is 3.54. The third kappa shape index (κ3) is 2.04. The summed E-state index contributed by atoms with van der Waals surface area (Å²) in [5, 5.41) is 10.0. The number of carbonyl (C=O) groups excluding carboxylic acids is 1. The Bertz CT molecular complexity index is 556. The number of halogens is 1. The van der Waals surface area contributed by atoms with Crippen molar-refractivity contribution in [3.05, 3.63) is 11.6 Å². The van der Waals surface area contributed by atoms with E-state index >= 15 is 0 Å². The molecule has 128 valence electrons. The van der Waals surface area contributed by atoms with Crippen LogP contribution in [0.5, 0.6) is 0 Å². The van der Waals surface area contributed by atoms with E-state index in [2.05, 4.69) is 19.9 Å². The number of allylic oxidation sites excluding steroid dienone is 1. The number of rotatable bonds is 1. The summed E-state index contributed by atoms with van der Waals surface area (Å²) in [4.78, 5) is 12.7. The van der Waals surface area contributed by atoms with Crippen molar-refractivity contribution in [2.75, 3.05) is 6.67 Å². The average Bonchev–Trinajstić information content (AvgIpc) is 2.79. The highest BCUT2D eigenvalue weighted by molar-refractivity contribution is 5.89. The van der Waals surface area contributed by atoms with Crippen LogP contribution in [0, 0.1) is 34.5 Å². The number of aliphatic hydroxyl groups excluding tert-OH is 1. The maximum atomic E-state index is 13.3. The Labute approximate surface area is 138 Å². The van der Waals surface area contributed by atoms with Gasteiger partial charge in [0.1, 0.15) is 5.78 Å². The van der Waals surface area contributed by atoms with Gasteiger partial charge in [0.15, 0.2) is 0 Å². The Balaban J connectivity index is 1.68. The lowest BCUT2D eigenvalue weighted by Gasteiger charge is -2.56. The van der Waals surface area contributed by atoms with Crippen molar-refractivity contribution < 1.29 is 14.3 Å². The van der Waals surface area contributed by atoms with Gasteiger partial charge in [0.25, 0.3) is 0 Å². The van der Waals surface area contributed by atoms with Gasteiger partial charge in [0.2, 0.25) is 0 Å². The van der Waals surface area contributed by atoms with Crippen molar-refractivity contribution in [1.82, 2.24) is 0 Å². The zero-order valence-corrected chi connectivity index (χ0v) is 14.4. The van der Waals surface area contributed by atoms with Gasteiger partial charge < -0.3 is 5.11 Å². The van der Waals surface area contributed by atoms with Crippen LogP contribution in [0.3, 0.4) is 0 Å². The topological polar surface area (TPSA) is 37.3 Å². The van der Waals surface area contributed by atoms with Gasteiger partial charge in [-0.3, -0.25) is 9.18 Å². The van der Waals surface area contributed by atoms with Crippen LogP contribution in [-0.4, -0.2) is 23.7 Å². The van der Waals surface area contributed by atoms with E-state index in [0.717, 1.165) is 44.9 Å². The lowest BCUT2D eigenvalue weighted by Crippen LogP contribution is -2.50. The van der Waals surface area contributed by atoms with Crippen molar-refractivity contribution in [1.29, 1.82) is 0 Å². The predicted octanol–water partition coefficient (Wildman–Crippen LogP) is 4.07. The highest BCUT2D eigenvalue weighted by Gasteiger charge is 2.60. The van der Waals surface area contributed by atoms with Crippen LogP contribution in [0.1, 0.15) is 58.8 Å². The standard InChI is InChI=1S/C20H29FO2/c1-19-7-5-14(22)10-13(19)3-4-15-16(19)6-8-20(2)17(15)9-12(11-21)18(20)23/h3,12,14-17,22H,4-11H2,1-2H3/t12-,14?,15-,16+,17+,19+,20+/m1/s1. The summed E-state index contributed by atoms with van der Waals surface area (Å²) < 4.78 is 13.3. The second-order valence-electron chi connectivity index (χ2n) is 9.06. The van der Waals surface area contributed by atoms with E-state index in [1.165, 1.54) is 5.57 Å². The molecule has 0 aromatic rings. The molecule has 0 amide bonds. The van der Waals surface area contributed by atoms with Crippen LogP contribution >= 0.6 is 0 Å². The molecule has 0 radical (unpaired) electrons. The normalized spacial score (nSPS) is 52.4. The zero-order valence-electron chi connectivity index (χ0n) is 14.4. The van der Waals surface area contributed by atoms with Gasteiger partial charge >= 0.3 is 0 Å². The zero-order chi connectivity index (χ0) is 16.4. The molecule has 23 heavy (non-hydrogen) atoms. The van der Waals surface area contributed by atoms with Crippen molar-refractivity contribution >= 4 is 5.78 Å². The van der Waals surface area contributed by atoms with Crippen molar-refractivity contribution in [2.24, 2.45) is 34.5 Å². The molecule has 0 saturated heterocycles. The van der Waals surface area contributed by atoms with Crippen molar-refractivity contribution in [3.8, 4) is 0 Å². The van der Waals surface area contributed by atoms with E-state index in [-0.39, 0.29) is 28.6 Å². The summed E-state index contributed by atoms with van der Waals surface area (Å²) >= 11 is 0. The molecule has 7 atom stereocenters. The molecule has 3 heteroatoms. The maximum Gasteiger partial charge on any atom is 0.144 e. The first-order chi connectivity index (χ1) is 10.9. The molecule has 3 fully saturated rings. The molecule has 0 aromatic heterocycles. The summed E-state index contributed by atoms with van der Waals surface area (Å²) in [6.07, 6.45) is 8.77. The summed E-state index contributed by atoms with van der Waals surface area (Å²) in [6, 6.07) is 0. The molecule has 3 saturated carbocycles. The molecule has 4 aliphatic carbocycles. The summed E-state index contributed by atoms with van der Waals surface area (Å²) in [5.41, 5.74) is 1.36. The lowest BCUT2D eigenvalue weighted by atomic mass is 9.48. The third-order valence-electron chi connectivity index (χ3n) is 8.13. The van der Waals surface area contributed by atoms with Gasteiger partial charge in [-0.2, -0.15) is 0 Å². The molecule has 1 N–H and O–H groups in total. The Morgan fingerprint density at radius 1 is 1.22 bits per heavy atom. The molecule has 1 unspecified atom stereocenters. The Morgan fingerprint density at radius 2 is 1.96 bits per heavy atom. The number of Topliss-reactive ketones (excluding diaryl/α,β-unsaturated/α-hetero) is 1. The van der Waals surface area contributed by atoms with E-state index in [9.17, 15) is 14.3 Å². The number of hydrogen-bond donors (Lipinski definition) is 1. The molecular formula is C20H29FO2. The number of aliphatic hydroxyl groups is 1. The Morgan fingerprint density at radius 3 is 2.70 bits per heavy atom. The predicted molar refractivity (Wildman–Crippen MR) is 87.6 cm³/mol. The second-order valence-corrected chi connectivity index (χ2v) is 9.06. The van der Waals surface area contributed by atoms with Gasteiger partial charge in [-0.15, -0.1) is 0 Å². The van der Waals surface area contributed by atoms with Crippen LogP contribution in [0.2, 0.25) is 0 Å². The van der Waals surface area contributed by atoms with Crippen LogP contribution in [-0.2, 0) is 4.79 Å². The third-order valence-corrected chi connectivity index (χ3v) is 8.13. The van der Waals surface area contributed by atoms with Gasteiger partial charge in [0.05, 0.1) is 12.8 Å². The molecule has 0 aliphatic heterocycles. The largest absolute Gasteiger partial charge is 0.393 e. The number of fused-ring (bicyclic) bond motifs is 5. The lowest BCUT2D eigenvalue weighted by molar-refractivity contribution is -0.134. The minimum atomic E-state index is -0.479. The minimum Gasteiger partial charge on any atom is -0.393 e. The molecule has 4 aliphatic rings. The van der Waals surface area contributed by atoms with E-state index < -0.39 is 6.67 Å². The van der Waals surface area contributed by atoms with Crippen molar-refractivity contribution in [2.45, 2.75) is 64.9 Å². The quantitative estimate of drug-likeness (QED) is 0.739. The number of carbonyl (C=O) groups is 1. The highest BCUT2D eigenvalue weighted by Crippen LogP contribution is 2.64. The maximum absolute atomic E-state index is 13.3. The number of ketones is 1. The Hall–Kier alpha value is -0.700. The van der Waals surface area contributed by atoms with E-state index in [1.807, 2.05) is 0 Å². The van der Waals surface area contributed by atoms with Crippen LogP contribution < -0.4 is 0 Å². The molecule has 2 nitrogen and oxygen atoms in total. The molecule has 0 aromatic carbocycles. The van der Waals surface area contributed by atoms with Gasteiger partial charge in [-0.05, 0) is 68.1 Å². The monoisotopic (exact) mass is 320 g/mol. The molecule has 4 rings (SSSR count). The first-order valence-electron chi connectivity index (χ1n) is 9.38. The van der Waals surface area contributed by atoms with E-state index in [1.54, 1.807) is 0 Å². The van der Waals surface area contributed by atoms with Crippen molar-refractivity contribution in [3.63, 3.8) is 0 Å². The van der Waals surface area contributed by atoms with Gasteiger partial charge in [-0.25, -0.2) is 0 Å².